The number of carbonyl (C=O) groups excluding carboxylic acids is 1. The molecule has 1 N–H and O–H groups in total. The first-order valence-corrected chi connectivity index (χ1v) is 6.79. The fourth-order valence-electron chi connectivity index (χ4n) is 2.65. The van der Waals surface area contributed by atoms with Crippen LogP contribution in [0.2, 0.25) is 0 Å². The van der Waals surface area contributed by atoms with Crippen molar-refractivity contribution in [2.24, 2.45) is 0 Å². The van der Waals surface area contributed by atoms with E-state index in [1.165, 1.54) is 24.1 Å². The van der Waals surface area contributed by atoms with Crippen LogP contribution >= 0.6 is 0 Å². The van der Waals surface area contributed by atoms with Crippen molar-refractivity contribution in [1.82, 2.24) is 4.90 Å². The summed E-state index contributed by atoms with van der Waals surface area (Å²) in [6.07, 6.45) is 1.18. The third-order valence-corrected chi connectivity index (χ3v) is 3.67. The Balaban J connectivity index is 2.33. The Bertz CT molecular complexity index is 615. The number of nitro benzene ring substituents is 1. The summed E-state index contributed by atoms with van der Waals surface area (Å²) in [5, 5.41) is 19.8. The molecule has 1 aromatic carbocycles. The van der Waals surface area contributed by atoms with Gasteiger partial charge in [-0.1, -0.05) is 0 Å². The first kappa shape index (κ1) is 15.7. The van der Waals surface area contributed by atoms with Gasteiger partial charge in [-0.2, -0.15) is 0 Å². The highest BCUT2D eigenvalue weighted by molar-refractivity contribution is 5.98. The van der Waals surface area contributed by atoms with Crippen LogP contribution in [0.3, 0.4) is 0 Å². The summed E-state index contributed by atoms with van der Waals surface area (Å²) >= 11 is 0. The lowest BCUT2D eigenvalue weighted by atomic mass is 10.1. The molecule has 1 saturated heterocycles. The van der Waals surface area contributed by atoms with E-state index in [1.54, 1.807) is 0 Å². The predicted molar refractivity (Wildman–Crippen MR) is 76.0 cm³/mol. The zero-order valence-electron chi connectivity index (χ0n) is 12.0. The Hall–Kier alpha value is -2.64. The Morgan fingerprint density at radius 3 is 2.82 bits per heavy atom. The van der Waals surface area contributed by atoms with Crippen molar-refractivity contribution < 1.29 is 24.4 Å². The molecule has 1 aliphatic rings. The fourth-order valence-corrected chi connectivity index (χ4v) is 2.65. The Morgan fingerprint density at radius 1 is 1.50 bits per heavy atom. The Kier molecular flexibility index (Phi) is 4.59. The van der Waals surface area contributed by atoms with Crippen molar-refractivity contribution in [1.29, 1.82) is 0 Å². The molecule has 1 heterocycles. The van der Waals surface area contributed by atoms with Gasteiger partial charge in [0.1, 0.15) is 5.75 Å². The molecule has 0 radical (unpaired) electrons. The number of aliphatic carboxylic acids is 1. The second-order valence-corrected chi connectivity index (χ2v) is 5.03. The van der Waals surface area contributed by atoms with E-state index in [9.17, 15) is 19.7 Å². The topological polar surface area (TPSA) is 110 Å². The number of carbonyl (C=O) groups is 2. The van der Waals surface area contributed by atoms with Gasteiger partial charge in [-0.25, -0.2) is 0 Å². The zero-order chi connectivity index (χ0) is 16.3. The lowest BCUT2D eigenvalue weighted by molar-refractivity contribution is -0.384. The summed E-state index contributed by atoms with van der Waals surface area (Å²) in [5.41, 5.74) is -0.132. The summed E-state index contributed by atoms with van der Waals surface area (Å²) in [5.74, 6) is -1.18. The van der Waals surface area contributed by atoms with E-state index < -0.39 is 22.8 Å². The molecule has 0 saturated carbocycles. The van der Waals surface area contributed by atoms with Gasteiger partial charge in [-0.05, 0) is 18.9 Å². The van der Waals surface area contributed by atoms with Gasteiger partial charge in [0.15, 0.2) is 0 Å². The minimum absolute atomic E-state index is 0.0778. The third-order valence-electron chi connectivity index (χ3n) is 3.67. The quantitative estimate of drug-likeness (QED) is 0.654. The summed E-state index contributed by atoms with van der Waals surface area (Å²) in [6, 6.07) is 3.40. The Morgan fingerprint density at radius 2 is 2.23 bits per heavy atom. The summed E-state index contributed by atoms with van der Waals surface area (Å²) in [7, 11) is 1.37. The average Bonchev–Trinajstić information content (AvgIpc) is 2.93. The van der Waals surface area contributed by atoms with E-state index in [1.807, 2.05) is 0 Å². The lowest BCUT2D eigenvalue weighted by Crippen LogP contribution is -2.37. The number of nitrogens with zero attached hydrogens (tertiary/aromatic N) is 2. The van der Waals surface area contributed by atoms with Crippen LogP contribution in [-0.4, -0.2) is 46.5 Å². The predicted octanol–water partition coefficient (Wildman–Crippen LogP) is 1.68. The van der Waals surface area contributed by atoms with Crippen LogP contribution in [0.25, 0.3) is 0 Å². The molecule has 1 aromatic rings. The smallest absolute Gasteiger partial charge is 0.305 e. The van der Waals surface area contributed by atoms with Gasteiger partial charge in [-0.15, -0.1) is 0 Å². The molecule has 0 aromatic heterocycles. The highest BCUT2D eigenvalue weighted by Crippen LogP contribution is 2.29. The molecule has 8 nitrogen and oxygen atoms in total. The zero-order valence-corrected chi connectivity index (χ0v) is 12.0. The lowest BCUT2D eigenvalue weighted by Gasteiger charge is -2.24. The molecular formula is C14H16N2O6. The first-order valence-electron chi connectivity index (χ1n) is 6.79. The standard InChI is InChI=1S/C14H16N2O6/c1-22-12-5-4-10(16(20)21)7-11(12)14(19)15-6-2-3-9(15)8-13(17)18/h4-5,7,9H,2-3,6,8H2,1H3,(H,17,18). The monoisotopic (exact) mass is 308 g/mol. The molecule has 0 aliphatic carbocycles. The van der Waals surface area contributed by atoms with Crippen LogP contribution in [0.15, 0.2) is 18.2 Å². The van der Waals surface area contributed by atoms with Crippen molar-refractivity contribution in [3.8, 4) is 5.75 Å². The van der Waals surface area contributed by atoms with Crippen LogP contribution in [0.5, 0.6) is 5.75 Å². The number of hydrogen-bond donors (Lipinski definition) is 1. The first-order chi connectivity index (χ1) is 10.4. The number of carboxylic acid groups (broad SMARTS) is 1. The Labute approximate surface area is 126 Å². The van der Waals surface area contributed by atoms with Gasteiger partial charge < -0.3 is 14.7 Å². The van der Waals surface area contributed by atoms with Gasteiger partial charge in [0.25, 0.3) is 11.6 Å². The van der Waals surface area contributed by atoms with Crippen LogP contribution in [0.4, 0.5) is 5.69 Å². The second-order valence-electron chi connectivity index (χ2n) is 5.03. The molecule has 1 fully saturated rings. The fraction of sp³-hybridized carbons (Fsp3) is 0.429. The molecule has 0 bridgehead atoms. The van der Waals surface area contributed by atoms with Crippen LogP contribution in [-0.2, 0) is 4.79 Å². The molecule has 1 amide bonds. The SMILES string of the molecule is COc1ccc([N+](=O)[O-])cc1C(=O)N1CCCC1CC(=O)O. The van der Waals surface area contributed by atoms with E-state index >= 15 is 0 Å². The number of hydrogen-bond acceptors (Lipinski definition) is 5. The molecule has 8 heteroatoms. The van der Waals surface area contributed by atoms with E-state index in [0.717, 1.165) is 6.07 Å². The maximum atomic E-state index is 12.6. The van der Waals surface area contributed by atoms with Crippen molar-refractivity contribution in [2.75, 3.05) is 13.7 Å². The number of amides is 1. The van der Waals surface area contributed by atoms with Gasteiger partial charge in [-0.3, -0.25) is 19.7 Å². The van der Waals surface area contributed by atoms with Crippen molar-refractivity contribution in [2.45, 2.75) is 25.3 Å². The maximum Gasteiger partial charge on any atom is 0.305 e. The van der Waals surface area contributed by atoms with E-state index in [0.29, 0.717) is 19.4 Å². The van der Waals surface area contributed by atoms with E-state index in [4.69, 9.17) is 9.84 Å². The van der Waals surface area contributed by atoms with Crippen molar-refractivity contribution in [3.05, 3.63) is 33.9 Å². The number of carboxylic acids is 1. The summed E-state index contributed by atoms with van der Waals surface area (Å²) in [6.45, 7) is 0.433. The van der Waals surface area contributed by atoms with Gasteiger partial charge in [0.05, 0.1) is 24.0 Å². The normalized spacial score (nSPS) is 17.3. The average molecular weight is 308 g/mol. The summed E-state index contributed by atoms with van der Waals surface area (Å²) in [4.78, 5) is 35.2. The number of ether oxygens (including phenoxy) is 1. The molecule has 1 atom stereocenters. The van der Waals surface area contributed by atoms with Crippen LogP contribution in [0.1, 0.15) is 29.6 Å². The highest BCUT2D eigenvalue weighted by Gasteiger charge is 2.32. The second kappa shape index (κ2) is 6.42. The van der Waals surface area contributed by atoms with Crippen LogP contribution in [0, 0.1) is 10.1 Å². The number of benzene rings is 1. The van der Waals surface area contributed by atoms with Gasteiger partial charge >= 0.3 is 5.97 Å². The molecule has 2 rings (SSSR count). The molecule has 1 aliphatic heterocycles. The van der Waals surface area contributed by atoms with E-state index in [-0.39, 0.29) is 23.4 Å². The van der Waals surface area contributed by atoms with Gasteiger partial charge in [0, 0.05) is 24.7 Å². The van der Waals surface area contributed by atoms with E-state index in [2.05, 4.69) is 0 Å². The largest absolute Gasteiger partial charge is 0.496 e. The molecule has 0 spiro atoms. The van der Waals surface area contributed by atoms with Crippen molar-refractivity contribution in [3.63, 3.8) is 0 Å². The molecule has 118 valence electrons. The number of rotatable bonds is 5. The number of non-ortho nitro benzene ring substituents is 1. The molecule has 1 unspecified atom stereocenters. The van der Waals surface area contributed by atoms with Crippen LogP contribution < -0.4 is 4.74 Å². The number of likely N-dealkylation sites (tertiary alicyclic amines) is 1. The summed E-state index contributed by atoms with van der Waals surface area (Å²) < 4.78 is 5.09. The number of nitro groups is 1. The third kappa shape index (κ3) is 3.16. The minimum Gasteiger partial charge on any atom is -0.496 e. The minimum atomic E-state index is -0.976. The van der Waals surface area contributed by atoms with Crippen molar-refractivity contribution >= 4 is 17.6 Å². The molecular weight excluding hydrogens is 292 g/mol. The van der Waals surface area contributed by atoms with Gasteiger partial charge in [0.2, 0.25) is 0 Å². The number of methoxy groups -OCH3 is 1. The highest BCUT2D eigenvalue weighted by atomic mass is 16.6. The maximum absolute atomic E-state index is 12.6. The molecule has 22 heavy (non-hydrogen) atoms.